The van der Waals surface area contributed by atoms with Crippen LogP contribution in [0.3, 0.4) is 0 Å². The van der Waals surface area contributed by atoms with Gasteiger partial charge in [-0.1, -0.05) is 61.5 Å². The van der Waals surface area contributed by atoms with Crippen LogP contribution in [0.2, 0.25) is 0 Å². The summed E-state index contributed by atoms with van der Waals surface area (Å²) in [4.78, 5) is 16.9. The zero-order valence-electron chi connectivity index (χ0n) is 19.5. The van der Waals surface area contributed by atoms with Crippen molar-refractivity contribution in [3.8, 4) is 11.1 Å². The number of benzene rings is 2. The first kappa shape index (κ1) is 21.3. The fraction of sp³-hybridized carbons (Fsp3) is 0.333. The van der Waals surface area contributed by atoms with Crippen LogP contribution in [0.1, 0.15) is 48.9 Å². The van der Waals surface area contributed by atoms with Gasteiger partial charge in [0.1, 0.15) is 12.0 Å². The molecule has 6 heteroatoms. The molecule has 6 nitrogen and oxygen atoms in total. The van der Waals surface area contributed by atoms with Crippen LogP contribution in [-0.4, -0.2) is 22.5 Å². The first-order chi connectivity index (χ1) is 15.8. The molecule has 1 fully saturated rings. The number of carbonyl (C=O) groups is 1. The number of hydrogen-bond donors (Lipinski definition) is 0. The molecule has 0 spiro atoms. The lowest BCUT2D eigenvalue weighted by atomic mass is 9.92. The predicted molar refractivity (Wildman–Crippen MR) is 127 cm³/mol. The second-order valence-electron chi connectivity index (χ2n) is 9.51. The van der Waals surface area contributed by atoms with E-state index in [4.69, 9.17) is 9.26 Å². The fourth-order valence-electron chi connectivity index (χ4n) is 4.59. The number of aromatic nitrogens is 1. The lowest BCUT2D eigenvalue weighted by Crippen LogP contribution is -2.30. The molecular weight excluding hydrogens is 414 g/mol. The van der Waals surface area contributed by atoms with Crippen molar-refractivity contribution in [3.63, 3.8) is 0 Å². The van der Waals surface area contributed by atoms with Crippen LogP contribution in [0.15, 0.2) is 65.5 Å². The van der Waals surface area contributed by atoms with Gasteiger partial charge in [-0.05, 0) is 43.0 Å². The summed E-state index contributed by atoms with van der Waals surface area (Å²) in [5.41, 5.74) is 5.05. The molecule has 2 aliphatic rings. The van der Waals surface area contributed by atoms with Gasteiger partial charge in [-0.25, -0.2) is 0 Å². The molecule has 170 valence electrons. The monoisotopic (exact) mass is 443 g/mol. The van der Waals surface area contributed by atoms with Crippen molar-refractivity contribution in [2.45, 2.75) is 46.9 Å². The van der Waals surface area contributed by atoms with Gasteiger partial charge in [0.15, 0.2) is 5.82 Å². The third-order valence-corrected chi connectivity index (χ3v) is 6.79. The molecule has 1 aromatic heterocycles. The fourth-order valence-corrected chi connectivity index (χ4v) is 4.59. The van der Waals surface area contributed by atoms with Crippen LogP contribution in [0.25, 0.3) is 11.1 Å². The topological polar surface area (TPSA) is 58.8 Å². The Morgan fingerprint density at radius 1 is 1.12 bits per heavy atom. The largest absolute Gasteiger partial charge is 0.472 e. The number of anilines is 1. The summed E-state index contributed by atoms with van der Waals surface area (Å²) >= 11 is 0. The summed E-state index contributed by atoms with van der Waals surface area (Å²) in [5, 5.41) is 4.24. The molecule has 0 saturated carbocycles. The number of hydrogen-bond acceptors (Lipinski definition) is 5. The summed E-state index contributed by atoms with van der Waals surface area (Å²) in [5.74, 6) is 1.75. The first-order valence-electron chi connectivity index (χ1n) is 11.4. The summed E-state index contributed by atoms with van der Waals surface area (Å²) in [7, 11) is 0. The molecule has 33 heavy (non-hydrogen) atoms. The molecule has 3 aromatic rings. The molecule has 3 heterocycles. The maximum absolute atomic E-state index is 13.0. The van der Waals surface area contributed by atoms with Crippen molar-refractivity contribution in [1.82, 2.24) is 10.1 Å². The Hall–Kier alpha value is -3.54. The van der Waals surface area contributed by atoms with E-state index in [1.165, 1.54) is 0 Å². The lowest BCUT2D eigenvalue weighted by molar-refractivity contribution is -0.135. The van der Waals surface area contributed by atoms with Crippen molar-refractivity contribution in [1.29, 1.82) is 0 Å². The second-order valence-corrected chi connectivity index (χ2v) is 9.51. The van der Waals surface area contributed by atoms with E-state index in [9.17, 15) is 4.79 Å². The average molecular weight is 444 g/mol. The minimum absolute atomic E-state index is 0.209. The number of ether oxygens (including phenoxy) is 1. The van der Waals surface area contributed by atoms with Crippen molar-refractivity contribution < 1.29 is 14.1 Å². The number of carbonyl (C=O) groups excluding carboxylic acids is 1. The van der Waals surface area contributed by atoms with Gasteiger partial charge in [0.05, 0.1) is 0 Å². The molecule has 1 unspecified atom stereocenters. The van der Waals surface area contributed by atoms with E-state index in [0.29, 0.717) is 6.54 Å². The Labute approximate surface area is 194 Å². The Balaban J connectivity index is 1.52. The minimum Gasteiger partial charge on any atom is -0.472 e. The number of nitrogens with zero attached hydrogens (tertiary/aromatic N) is 3. The van der Waals surface area contributed by atoms with E-state index in [1.807, 2.05) is 61.9 Å². The number of likely N-dealkylation sites (tertiary alicyclic amines) is 1. The van der Waals surface area contributed by atoms with E-state index in [-0.39, 0.29) is 17.6 Å². The van der Waals surface area contributed by atoms with E-state index in [0.717, 1.165) is 52.4 Å². The van der Waals surface area contributed by atoms with E-state index in [2.05, 4.69) is 35.5 Å². The zero-order chi connectivity index (χ0) is 23.2. The van der Waals surface area contributed by atoms with Gasteiger partial charge in [0, 0.05) is 35.8 Å². The van der Waals surface area contributed by atoms with Gasteiger partial charge >= 0.3 is 0 Å². The lowest BCUT2D eigenvalue weighted by Gasteiger charge is -2.25. The van der Waals surface area contributed by atoms with Crippen LogP contribution in [0.4, 0.5) is 5.82 Å². The third-order valence-electron chi connectivity index (χ3n) is 6.79. The summed E-state index contributed by atoms with van der Waals surface area (Å²) < 4.78 is 11.4. The SMILES string of the molecule is Cc1onc(N2C=COC2c2ccc(-c3ccccc3)c(CN3CCC(C)(C)C3=O)c2)c1C. The van der Waals surface area contributed by atoms with Gasteiger partial charge < -0.3 is 14.2 Å². The molecule has 0 N–H and O–H groups in total. The average Bonchev–Trinajstić information content (AvgIpc) is 3.49. The summed E-state index contributed by atoms with van der Waals surface area (Å²) in [6.07, 6.45) is 4.10. The van der Waals surface area contributed by atoms with Gasteiger partial charge in [-0.3, -0.25) is 9.69 Å². The Morgan fingerprint density at radius 3 is 2.58 bits per heavy atom. The van der Waals surface area contributed by atoms with Gasteiger partial charge in [-0.2, -0.15) is 0 Å². The van der Waals surface area contributed by atoms with Gasteiger partial charge in [0.2, 0.25) is 12.1 Å². The van der Waals surface area contributed by atoms with Crippen molar-refractivity contribution in [3.05, 3.63) is 83.4 Å². The van der Waals surface area contributed by atoms with Gasteiger partial charge in [-0.15, -0.1) is 0 Å². The highest BCUT2D eigenvalue weighted by atomic mass is 16.5. The normalized spacial score (nSPS) is 19.4. The number of aryl methyl sites for hydroxylation is 1. The summed E-state index contributed by atoms with van der Waals surface area (Å²) in [6, 6.07) is 16.7. The molecule has 1 saturated heterocycles. The van der Waals surface area contributed by atoms with Crippen LogP contribution in [0.5, 0.6) is 0 Å². The predicted octanol–water partition coefficient (Wildman–Crippen LogP) is 5.72. The summed E-state index contributed by atoms with van der Waals surface area (Å²) in [6.45, 7) is 9.31. The van der Waals surface area contributed by atoms with E-state index >= 15 is 0 Å². The quantitative estimate of drug-likeness (QED) is 0.504. The second kappa shape index (κ2) is 8.10. The molecule has 0 radical (unpaired) electrons. The van der Waals surface area contributed by atoms with Crippen LogP contribution < -0.4 is 4.90 Å². The van der Waals surface area contributed by atoms with Gasteiger partial charge in [0.25, 0.3) is 0 Å². The van der Waals surface area contributed by atoms with Crippen LogP contribution in [-0.2, 0) is 16.1 Å². The van der Waals surface area contributed by atoms with E-state index in [1.54, 1.807) is 6.26 Å². The Kier molecular flexibility index (Phi) is 5.23. The minimum atomic E-state index is -0.345. The van der Waals surface area contributed by atoms with Crippen LogP contribution >= 0.6 is 0 Å². The third kappa shape index (κ3) is 3.80. The van der Waals surface area contributed by atoms with Crippen molar-refractivity contribution in [2.75, 3.05) is 11.4 Å². The van der Waals surface area contributed by atoms with Crippen molar-refractivity contribution in [2.24, 2.45) is 5.41 Å². The highest BCUT2D eigenvalue weighted by Crippen LogP contribution is 2.38. The zero-order valence-corrected chi connectivity index (χ0v) is 19.5. The molecule has 1 amide bonds. The highest BCUT2D eigenvalue weighted by Gasteiger charge is 2.38. The maximum Gasteiger partial charge on any atom is 0.228 e. The molecule has 0 bridgehead atoms. The standard InChI is InChI=1S/C27H29N3O3/c1-18-19(2)33-28-24(18)30-14-15-32-25(30)21-10-11-23(20-8-6-5-7-9-20)22(16-21)17-29-13-12-27(3,4)26(29)31/h5-11,14-16,25H,12-13,17H2,1-4H3. The Morgan fingerprint density at radius 2 is 1.91 bits per heavy atom. The molecule has 1 atom stereocenters. The number of rotatable bonds is 5. The smallest absolute Gasteiger partial charge is 0.228 e. The first-order valence-corrected chi connectivity index (χ1v) is 11.4. The number of amides is 1. The maximum atomic E-state index is 13.0. The molecule has 5 rings (SSSR count). The molecule has 0 aliphatic carbocycles. The van der Waals surface area contributed by atoms with E-state index < -0.39 is 0 Å². The molecule has 2 aliphatic heterocycles. The van der Waals surface area contributed by atoms with Crippen LogP contribution in [0, 0.1) is 19.3 Å². The molecule has 2 aromatic carbocycles. The van der Waals surface area contributed by atoms with Crippen molar-refractivity contribution >= 4 is 11.7 Å². The highest BCUT2D eigenvalue weighted by molar-refractivity contribution is 5.84. The molecular formula is C27H29N3O3. The Bertz CT molecular complexity index is 1210.